The number of hydrogen-bond acceptors (Lipinski definition) is 5. The maximum absolute atomic E-state index is 9.41. The molecule has 0 aromatic rings. The molecule has 0 aromatic heterocycles. The Kier molecular flexibility index (Phi) is 30.1. The summed E-state index contributed by atoms with van der Waals surface area (Å²) in [5.74, 6) is -2.17. The van der Waals surface area contributed by atoms with Gasteiger partial charge in [-0.15, -0.1) is 0 Å². The summed E-state index contributed by atoms with van der Waals surface area (Å²) in [5, 5.41) is 17.8. The summed E-state index contributed by atoms with van der Waals surface area (Å²) >= 11 is 0. The van der Waals surface area contributed by atoms with Crippen molar-refractivity contribution in [3.8, 4) is 0 Å². The Hall–Kier alpha value is -0.728. The molecule has 0 saturated heterocycles. The molecule has 0 unspecified atom stereocenters. The third-order valence-corrected chi connectivity index (χ3v) is 0.201. The summed E-state index contributed by atoms with van der Waals surface area (Å²) in [4.78, 5) is 27.2. The number of rotatable bonds is 1. The monoisotopic (exact) mass is 396 g/mol. The molecule has 78 valence electrons. The first kappa shape index (κ1) is 23.2. The zero-order valence-electron chi connectivity index (χ0n) is 8.33. The van der Waals surface area contributed by atoms with Crippen LogP contribution in [0.1, 0.15) is 20.8 Å². The van der Waals surface area contributed by atoms with Crippen molar-refractivity contribution in [2.75, 3.05) is 0 Å². The summed E-state index contributed by atoms with van der Waals surface area (Å²) in [6.45, 7) is 6.91. The number of hydrogen-bond donors (Lipinski definition) is 0. The minimum absolute atomic E-state index is 0. The Morgan fingerprint density at radius 2 is 1.14 bits per heavy atom. The third kappa shape index (κ3) is 735. The Morgan fingerprint density at radius 3 is 1.14 bits per heavy atom. The predicted molar refractivity (Wildman–Crippen MR) is 48.0 cm³/mol. The predicted octanol–water partition coefficient (Wildman–Crippen LogP) is -2.11. The number of carbonyl (C=O) groups excluding carboxylic acids is 3. The van der Waals surface area contributed by atoms with Crippen LogP contribution in [0, 0.1) is 0 Å². The first-order valence-electron chi connectivity index (χ1n) is 3.19. The van der Waals surface area contributed by atoms with E-state index < -0.39 is 11.9 Å². The van der Waals surface area contributed by atoms with E-state index in [0.717, 1.165) is 20.1 Å². The quantitative estimate of drug-likeness (QED) is 0.288. The van der Waals surface area contributed by atoms with E-state index in [-0.39, 0.29) is 27.3 Å². The average Bonchev–Trinajstić information content (AvgIpc) is 1.84. The van der Waals surface area contributed by atoms with Crippen molar-refractivity contribution in [1.82, 2.24) is 0 Å². The maximum Gasteiger partial charge on any atom is 2.00 e. The SMILES string of the molecule is C=C(C)C=O.CC(=O)[O-].CC(=O)[O-].[Pb+2]. The van der Waals surface area contributed by atoms with Crippen LogP contribution >= 0.6 is 0 Å². The van der Waals surface area contributed by atoms with Crippen LogP contribution in [0.15, 0.2) is 12.2 Å². The van der Waals surface area contributed by atoms with E-state index in [1.807, 2.05) is 0 Å². The molecule has 6 heteroatoms. The summed E-state index contributed by atoms with van der Waals surface area (Å²) in [6, 6.07) is 0. The molecule has 0 saturated carbocycles. The van der Waals surface area contributed by atoms with E-state index in [4.69, 9.17) is 19.8 Å². The number of aldehydes is 1. The number of carboxylic acid groups (broad SMARTS) is 2. The van der Waals surface area contributed by atoms with Gasteiger partial charge in [0.25, 0.3) is 0 Å². The zero-order chi connectivity index (χ0) is 11.4. The van der Waals surface area contributed by atoms with E-state index in [1.165, 1.54) is 0 Å². The van der Waals surface area contributed by atoms with Gasteiger partial charge in [0.1, 0.15) is 6.29 Å². The Bertz CT molecular complexity index is 168. The molecule has 2 radical (unpaired) electrons. The van der Waals surface area contributed by atoms with E-state index in [0.29, 0.717) is 5.57 Å². The molecule has 0 atom stereocenters. The topological polar surface area (TPSA) is 97.3 Å². The van der Waals surface area contributed by atoms with Crippen LogP contribution in [0.25, 0.3) is 0 Å². The molecule has 0 aromatic carbocycles. The van der Waals surface area contributed by atoms with Crippen LogP contribution in [0.3, 0.4) is 0 Å². The minimum atomic E-state index is -1.08. The van der Waals surface area contributed by atoms with Crippen LogP contribution in [0.2, 0.25) is 0 Å². The molecular formula is C8H12O5Pb. The Morgan fingerprint density at radius 1 is 1.07 bits per heavy atom. The number of allylic oxidation sites excluding steroid dienone is 1. The van der Waals surface area contributed by atoms with E-state index in [1.54, 1.807) is 6.92 Å². The number of carbonyl (C=O) groups is 3. The first-order chi connectivity index (χ1) is 5.73. The van der Waals surface area contributed by atoms with Gasteiger partial charge in [-0.3, -0.25) is 4.79 Å². The van der Waals surface area contributed by atoms with E-state index >= 15 is 0 Å². The second kappa shape index (κ2) is 18.1. The molecule has 0 spiro atoms. The number of aliphatic carboxylic acids is 2. The summed E-state index contributed by atoms with van der Waals surface area (Å²) in [6.07, 6.45) is 0.722. The van der Waals surface area contributed by atoms with Gasteiger partial charge < -0.3 is 19.8 Å². The smallest absolute Gasteiger partial charge is 0.550 e. The average molecular weight is 395 g/mol. The molecule has 14 heavy (non-hydrogen) atoms. The van der Waals surface area contributed by atoms with Crippen molar-refractivity contribution in [3.05, 3.63) is 12.2 Å². The van der Waals surface area contributed by atoms with Crippen LogP contribution in [-0.4, -0.2) is 45.5 Å². The number of carboxylic acids is 2. The van der Waals surface area contributed by atoms with Gasteiger partial charge in [-0.25, -0.2) is 0 Å². The van der Waals surface area contributed by atoms with Crippen molar-refractivity contribution in [2.24, 2.45) is 0 Å². The molecule has 0 N–H and O–H groups in total. The standard InChI is InChI=1S/C4H6O.2C2H4O2.Pb/c1-4(2)3-5;2*1-2(3)4;/h3H,1H2,2H3;2*1H3,(H,3,4);/q;;;+2/p-2. The molecule has 0 amide bonds. The van der Waals surface area contributed by atoms with Gasteiger partial charge >= 0.3 is 27.3 Å². The van der Waals surface area contributed by atoms with Crippen LogP contribution in [0.4, 0.5) is 0 Å². The zero-order valence-corrected chi connectivity index (χ0v) is 12.2. The summed E-state index contributed by atoms with van der Waals surface area (Å²) < 4.78 is 0. The third-order valence-electron chi connectivity index (χ3n) is 0.201. The molecule has 0 aliphatic carbocycles. The van der Waals surface area contributed by atoms with Gasteiger partial charge in [0.05, 0.1) is 0 Å². The van der Waals surface area contributed by atoms with Crippen LogP contribution in [0.5, 0.6) is 0 Å². The molecule has 0 rings (SSSR count). The van der Waals surface area contributed by atoms with Crippen LogP contribution in [-0.2, 0) is 14.4 Å². The van der Waals surface area contributed by atoms with Crippen molar-refractivity contribution in [2.45, 2.75) is 20.8 Å². The van der Waals surface area contributed by atoms with Crippen molar-refractivity contribution >= 4 is 45.5 Å². The van der Waals surface area contributed by atoms with Gasteiger partial charge in [0.2, 0.25) is 0 Å². The van der Waals surface area contributed by atoms with Crippen molar-refractivity contribution in [1.29, 1.82) is 0 Å². The normalized spacial score (nSPS) is 5.93. The molecule has 5 nitrogen and oxygen atoms in total. The first-order valence-corrected chi connectivity index (χ1v) is 3.19. The van der Waals surface area contributed by atoms with Gasteiger partial charge in [-0.2, -0.15) is 0 Å². The van der Waals surface area contributed by atoms with Gasteiger partial charge in [0.15, 0.2) is 0 Å². The van der Waals surface area contributed by atoms with Gasteiger partial charge in [0, 0.05) is 11.9 Å². The second-order valence-corrected chi connectivity index (χ2v) is 1.95. The second-order valence-electron chi connectivity index (χ2n) is 1.95. The van der Waals surface area contributed by atoms with Gasteiger partial charge in [-0.1, -0.05) is 6.58 Å². The van der Waals surface area contributed by atoms with Gasteiger partial charge in [-0.05, 0) is 26.3 Å². The maximum atomic E-state index is 9.41. The van der Waals surface area contributed by atoms with E-state index in [9.17, 15) is 4.79 Å². The fraction of sp³-hybridized carbons (Fsp3) is 0.375. The molecule has 0 aliphatic heterocycles. The molecule has 0 bridgehead atoms. The van der Waals surface area contributed by atoms with Crippen LogP contribution < -0.4 is 10.2 Å². The fourth-order valence-electron chi connectivity index (χ4n) is 0. The fourth-order valence-corrected chi connectivity index (χ4v) is 0. The Labute approximate surface area is 103 Å². The minimum Gasteiger partial charge on any atom is -0.550 e. The molecular weight excluding hydrogens is 383 g/mol. The summed E-state index contributed by atoms with van der Waals surface area (Å²) in [5.41, 5.74) is 0.574. The molecule has 0 heterocycles. The Balaban J connectivity index is -0.0000000522. The molecule has 0 aliphatic rings. The van der Waals surface area contributed by atoms with Crippen molar-refractivity contribution in [3.63, 3.8) is 0 Å². The van der Waals surface area contributed by atoms with Crippen molar-refractivity contribution < 1.29 is 24.6 Å². The largest absolute Gasteiger partial charge is 2.00 e. The van der Waals surface area contributed by atoms with E-state index in [2.05, 4.69) is 6.58 Å². The molecule has 0 fully saturated rings. The summed E-state index contributed by atoms with van der Waals surface area (Å²) in [7, 11) is 0.